The molecule has 0 radical (unpaired) electrons. The highest BCUT2D eigenvalue weighted by molar-refractivity contribution is 5.75. The SMILES string of the molecule is O=Cc1cc(COc2ccccc2)ccc1F. The maximum absolute atomic E-state index is 13.1. The molecular weight excluding hydrogens is 219 g/mol. The van der Waals surface area contributed by atoms with Gasteiger partial charge in [0, 0.05) is 0 Å². The van der Waals surface area contributed by atoms with Crippen LogP contribution < -0.4 is 4.74 Å². The fourth-order valence-corrected chi connectivity index (χ4v) is 1.46. The summed E-state index contributed by atoms with van der Waals surface area (Å²) < 4.78 is 18.6. The van der Waals surface area contributed by atoms with Crippen molar-refractivity contribution in [3.05, 3.63) is 65.5 Å². The van der Waals surface area contributed by atoms with Crippen molar-refractivity contribution >= 4 is 6.29 Å². The highest BCUT2D eigenvalue weighted by Crippen LogP contribution is 2.13. The van der Waals surface area contributed by atoms with Crippen LogP contribution in [0.4, 0.5) is 4.39 Å². The van der Waals surface area contributed by atoms with Crippen molar-refractivity contribution in [2.24, 2.45) is 0 Å². The summed E-state index contributed by atoms with van der Waals surface area (Å²) in [4.78, 5) is 10.6. The van der Waals surface area contributed by atoms with Crippen molar-refractivity contribution < 1.29 is 13.9 Å². The molecule has 0 heterocycles. The van der Waals surface area contributed by atoms with E-state index in [0.29, 0.717) is 12.9 Å². The van der Waals surface area contributed by atoms with Crippen LogP contribution in [-0.2, 0) is 6.61 Å². The Bertz CT molecular complexity index is 509. The van der Waals surface area contributed by atoms with E-state index in [1.54, 1.807) is 6.07 Å². The molecule has 0 fully saturated rings. The van der Waals surface area contributed by atoms with Gasteiger partial charge in [0.1, 0.15) is 18.2 Å². The van der Waals surface area contributed by atoms with Crippen LogP contribution in [0.5, 0.6) is 5.75 Å². The molecule has 0 bridgehead atoms. The maximum atomic E-state index is 13.1. The van der Waals surface area contributed by atoms with Crippen molar-refractivity contribution in [1.29, 1.82) is 0 Å². The van der Waals surface area contributed by atoms with Crippen LogP contribution in [-0.4, -0.2) is 6.29 Å². The van der Waals surface area contributed by atoms with Crippen molar-refractivity contribution in [2.45, 2.75) is 6.61 Å². The van der Waals surface area contributed by atoms with Gasteiger partial charge in [0.2, 0.25) is 0 Å². The molecule has 0 spiro atoms. The molecule has 0 saturated carbocycles. The fourth-order valence-electron chi connectivity index (χ4n) is 1.46. The number of benzene rings is 2. The average Bonchev–Trinajstić information content (AvgIpc) is 2.39. The molecule has 0 aliphatic heterocycles. The summed E-state index contributed by atoms with van der Waals surface area (Å²) in [5.74, 6) is 0.230. The Morgan fingerprint density at radius 2 is 1.88 bits per heavy atom. The van der Waals surface area contributed by atoms with Gasteiger partial charge < -0.3 is 4.74 Å². The number of para-hydroxylation sites is 1. The zero-order chi connectivity index (χ0) is 12.1. The average molecular weight is 230 g/mol. The quantitative estimate of drug-likeness (QED) is 0.754. The Morgan fingerprint density at radius 3 is 2.59 bits per heavy atom. The summed E-state index contributed by atoms with van der Waals surface area (Å²) in [5.41, 5.74) is 0.816. The zero-order valence-electron chi connectivity index (χ0n) is 9.10. The van der Waals surface area contributed by atoms with Gasteiger partial charge >= 0.3 is 0 Å². The van der Waals surface area contributed by atoms with Crippen molar-refractivity contribution in [3.63, 3.8) is 0 Å². The Hall–Kier alpha value is -2.16. The standard InChI is InChI=1S/C14H11FO2/c15-14-7-6-11(8-12(14)9-16)10-17-13-4-2-1-3-5-13/h1-9H,10H2. The lowest BCUT2D eigenvalue weighted by Gasteiger charge is -2.06. The molecule has 0 aliphatic carbocycles. The van der Waals surface area contributed by atoms with Crippen molar-refractivity contribution in [3.8, 4) is 5.75 Å². The number of hydrogen-bond acceptors (Lipinski definition) is 2. The number of aldehydes is 1. The molecule has 0 aliphatic rings. The molecule has 2 rings (SSSR count). The van der Waals surface area contributed by atoms with Crippen LogP contribution in [0.2, 0.25) is 0 Å². The van der Waals surface area contributed by atoms with E-state index >= 15 is 0 Å². The monoisotopic (exact) mass is 230 g/mol. The first-order chi connectivity index (χ1) is 8.29. The van der Waals surface area contributed by atoms with Gasteiger partial charge in [-0.05, 0) is 29.8 Å². The second kappa shape index (κ2) is 5.25. The molecule has 2 nitrogen and oxygen atoms in total. The number of ether oxygens (including phenoxy) is 1. The normalized spacial score (nSPS) is 9.94. The summed E-state index contributed by atoms with van der Waals surface area (Å²) in [6.07, 6.45) is 0.501. The third kappa shape index (κ3) is 2.91. The number of halogens is 1. The van der Waals surface area contributed by atoms with Gasteiger partial charge in [0.25, 0.3) is 0 Å². The van der Waals surface area contributed by atoms with Gasteiger partial charge in [-0.25, -0.2) is 4.39 Å². The van der Waals surface area contributed by atoms with Gasteiger partial charge in [-0.3, -0.25) is 4.79 Å². The first kappa shape index (κ1) is 11.3. The predicted molar refractivity (Wildman–Crippen MR) is 62.6 cm³/mol. The van der Waals surface area contributed by atoms with Gasteiger partial charge in [-0.1, -0.05) is 24.3 Å². The smallest absolute Gasteiger partial charge is 0.153 e. The molecular formula is C14H11FO2. The van der Waals surface area contributed by atoms with Gasteiger partial charge in [0.15, 0.2) is 6.29 Å². The van der Waals surface area contributed by atoms with Gasteiger partial charge in [-0.15, -0.1) is 0 Å². The van der Waals surface area contributed by atoms with Crippen LogP contribution in [0.25, 0.3) is 0 Å². The summed E-state index contributed by atoms with van der Waals surface area (Å²) >= 11 is 0. The minimum atomic E-state index is -0.511. The van der Waals surface area contributed by atoms with E-state index in [1.807, 2.05) is 30.3 Å². The minimum absolute atomic E-state index is 0.0548. The fraction of sp³-hybridized carbons (Fsp3) is 0.0714. The highest BCUT2D eigenvalue weighted by Gasteiger charge is 2.02. The van der Waals surface area contributed by atoms with Crippen LogP contribution in [0.15, 0.2) is 48.5 Å². The number of hydrogen-bond donors (Lipinski definition) is 0. The van der Waals surface area contributed by atoms with E-state index in [1.165, 1.54) is 12.1 Å². The molecule has 3 heteroatoms. The molecule has 0 N–H and O–H groups in total. The number of rotatable bonds is 4. The molecule has 17 heavy (non-hydrogen) atoms. The van der Waals surface area contributed by atoms with E-state index in [4.69, 9.17) is 4.74 Å². The lowest BCUT2D eigenvalue weighted by Crippen LogP contribution is -1.97. The summed E-state index contributed by atoms with van der Waals surface area (Å²) in [6, 6.07) is 13.7. The Balaban J connectivity index is 2.07. The Labute approximate surface area is 98.7 Å². The summed E-state index contributed by atoms with van der Waals surface area (Å²) in [6.45, 7) is 0.311. The van der Waals surface area contributed by atoms with Crippen LogP contribution in [0.1, 0.15) is 15.9 Å². The molecule has 86 valence electrons. The molecule has 0 saturated heterocycles. The third-order valence-corrected chi connectivity index (χ3v) is 2.34. The Morgan fingerprint density at radius 1 is 1.12 bits per heavy atom. The van der Waals surface area contributed by atoms with Crippen LogP contribution in [0.3, 0.4) is 0 Å². The first-order valence-electron chi connectivity index (χ1n) is 5.21. The van der Waals surface area contributed by atoms with Crippen molar-refractivity contribution in [2.75, 3.05) is 0 Å². The van der Waals surface area contributed by atoms with E-state index in [-0.39, 0.29) is 5.56 Å². The van der Waals surface area contributed by atoms with Crippen LogP contribution >= 0.6 is 0 Å². The van der Waals surface area contributed by atoms with Gasteiger partial charge in [-0.2, -0.15) is 0 Å². The first-order valence-corrected chi connectivity index (χ1v) is 5.21. The number of carbonyl (C=O) groups is 1. The lowest BCUT2D eigenvalue weighted by molar-refractivity contribution is 0.111. The minimum Gasteiger partial charge on any atom is -0.489 e. The molecule has 0 unspecified atom stereocenters. The predicted octanol–water partition coefficient (Wildman–Crippen LogP) is 3.22. The maximum Gasteiger partial charge on any atom is 0.153 e. The van der Waals surface area contributed by atoms with Crippen molar-refractivity contribution in [1.82, 2.24) is 0 Å². The molecule has 0 aromatic heterocycles. The second-order valence-corrected chi connectivity index (χ2v) is 3.58. The third-order valence-electron chi connectivity index (χ3n) is 2.34. The highest BCUT2D eigenvalue weighted by atomic mass is 19.1. The molecule has 2 aromatic rings. The topological polar surface area (TPSA) is 26.3 Å². The summed E-state index contributed by atoms with van der Waals surface area (Å²) in [5, 5.41) is 0. The zero-order valence-corrected chi connectivity index (χ0v) is 9.10. The number of carbonyl (C=O) groups excluding carboxylic acids is 1. The lowest BCUT2D eigenvalue weighted by atomic mass is 10.1. The summed E-state index contributed by atoms with van der Waals surface area (Å²) in [7, 11) is 0. The van der Waals surface area contributed by atoms with E-state index < -0.39 is 5.82 Å². The van der Waals surface area contributed by atoms with E-state index in [2.05, 4.69) is 0 Å². The Kier molecular flexibility index (Phi) is 3.50. The largest absolute Gasteiger partial charge is 0.489 e. The van der Waals surface area contributed by atoms with Gasteiger partial charge in [0.05, 0.1) is 5.56 Å². The molecule has 0 atom stereocenters. The van der Waals surface area contributed by atoms with E-state index in [9.17, 15) is 9.18 Å². The van der Waals surface area contributed by atoms with Crippen LogP contribution in [0, 0.1) is 5.82 Å². The molecule has 2 aromatic carbocycles. The second-order valence-electron chi connectivity index (χ2n) is 3.58. The van der Waals surface area contributed by atoms with E-state index in [0.717, 1.165) is 11.3 Å². The molecule has 0 amide bonds.